The van der Waals surface area contributed by atoms with Gasteiger partial charge in [-0.3, -0.25) is 25.2 Å². The standard InChI is InChI=1S/C22H17ClN4O3S/c1-2-27-22(30)16-6-4-3-5-15(16)19(26-27)21(29)25-24-20(28)18-12-11-17(31-18)13-7-9-14(23)10-8-13/h3-12H,2H2,1H3,(H,24,28)(H,25,29). The van der Waals surface area contributed by atoms with Crippen LogP contribution in [-0.2, 0) is 6.54 Å². The first kappa shape index (κ1) is 20.8. The van der Waals surface area contributed by atoms with E-state index in [1.54, 1.807) is 49.4 Å². The Kier molecular flexibility index (Phi) is 5.83. The van der Waals surface area contributed by atoms with Gasteiger partial charge in [-0.25, -0.2) is 4.68 Å². The van der Waals surface area contributed by atoms with Crippen LogP contribution in [-0.4, -0.2) is 21.6 Å². The molecule has 0 spiro atoms. The number of aromatic nitrogens is 2. The third kappa shape index (κ3) is 4.21. The highest BCUT2D eigenvalue weighted by Gasteiger charge is 2.18. The molecule has 0 fully saturated rings. The fourth-order valence-corrected chi connectivity index (χ4v) is 4.11. The normalized spacial score (nSPS) is 10.8. The Morgan fingerprint density at radius 3 is 2.35 bits per heavy atom. The van der Waals surface area contributed by atoms with Crippen molar-refractivity contribution < 1.29 is 9.59 Å². The van der Waals surface area contributed by atoms with Crippen molar-refractivity contribution >= 4 is 45.5 Å². The number of halogens is 1. The Bertz CT molecular complexity index is 1350. The summed E-state index contributed by atoms with van der Waals surface area (Å²) in [5.41, 5.74) is 5.53. The highest BCUT2D eigenvalue weighted by molar-refractivity contribution is 7.17. The molecule has 4 aromatic rings. The monoisotopic (exact) mass is 452 g/mol. The summed E-state index contributed by atoms with van der Waals surface area (Å²) in [6, 6.07) is 17.6. The van der Waals surface area contributed by atoms with Crippen molar-refractivity contribution in [1.29, 1.82) is 0 Å². The van der Waals surface area contributed by atoms with Gasteiger partial charge in [-0.05, 0) is 42.8 Å². The van der Waals surface area contributed by atoms with Gasteiger partial charge in [-0.1, -0.05) is 41.9 Å². The van der Waals surface area contributed by atoms with Gasteiger partial charge < -0.3 is 0 Å². The van der Waals surface area contributed by atoms with Gasteiger partial charge in [0.2, 0.25) is 0 Å². The molecule has 31 heavy (non-hydrogen) atoms. The van der Waals surface area contributed by atoms with Gasteiger partial charge in [0.05, 0.1) is 10.3 Å². The third-order valence-corrected chi connectivity index (χ3v) is 6.02. The number of aryl methyl sites for hydroxylation is 1. The van der Waals surface area contributed by atoms with E-state index in [9.17, 15) is 14.4 Å². The van der Waals surface area contributed by atoms with Gasteiger partial charge in [-0.15, -0.1) is 11.3 Å². The maximum atomic E-state index is 12.7. The SMILES string of the molecule is CCn1nc(C(=O)NNC(=O)c2ccc(-c3ccc(Cl)cc3)s2)c2ccccc2c1=O. The fourth-order valence-electron chi connectivity index (χ4n) is 3.08. The number of nitrogens with one attached hydrogen (secondary N) is 2. The molecule has 2 heterocycles. The Morgan fingerprint density at radius 1 is 0.968 bits per heavy atom. The van der Waals surface area contributed by atoms with Crippen LogP contribution in [0.5, 0.6) is 0 Å². The van der Waals surface area contributed by atoms with Crippen molar-refractivity contribution in [3.8, 4) is 10.4 Å². The number of nitrogens with zero attached hydrogens (tertiary/aromatic N) is 2. The molecule has 2 aromatic heterocycles. The maximum Gasteiger partial charge on any atom is 0.290 e. The molecule has 0 saturated heterocycles. The summed E-state index contributed by atoms with van der Waals surface area (Å²) in [5, 5.41) is 5.60. The summed E-state index contributed by atoms with van der Waals surface area (Å²) in [6.07, 6.45) is 0. The van der Waals surface area contributed by atoms with E-state index in [2.05, 4.69) is 16.0 Å². The zero-order valence-electron chi connectivity index (χ0n) is 16.4. The first-order valence-corrected chi connectivity index (χ1v) is 10.6. The summed E-state index contributed by atoms with van der Waals surface area (Å²) >= 11 is 7.21. The van der Waals surface area contributed by atoms with Crippen molar-refractivity contribution in [3.63, 3.8) is 0 Å². The molecule has 0 bridgehead atoms. The van der Waals surface area contributed by atoms with Gasteiger partial charge in [0, 0.05) is 21.8 Å². The average molecular weight is 453 g/mol. The molecule has 0 aliphatic carbocycles. The van der Waals surface area contributed by atoms with Crippen molar-refractivity contribution in [1.82, 2.24) is 20.6 Å². The number of carbonyl (C=O) groups excluding carboxylic acids is 2. The lowest BCUT2D eigenvalue weighted by Crippen LogP contribution is -2.42. The number of thiophene rings is 1. The lowest BCUT2D eigenvalue weighted by molar-refractivity contribution is 0.0846. The highest BCUT2D eigenvalue weighted by Crippen LogP contribution is 2.29. The number of hydrazine groups is 1. The van der Waals surface area contributed by atoms with E-state index >= 15 is 0 Å². The van der Waals surface area contributed by atoms with Gasteiger partial charge in [0.15, 0.2) is 5.69 Å². The number of hydrogen-bond donors (Lipinski definition) is 2. The smallest absolute Gasteiger partial charge is 0.267 e. The first-order chi connectivity index (χ1) is 15.0. The van der Waals surface area contributed by atoms with Gasteiger partial charge in [0.25, 0.3) is 17.4 Å². The van der Waals surface area contributed by atoms with Crippen molar-refractivity contribution in [3.05, 3.63) is 86.6 Å². The summed E-state index contributed by atoms with van der Waals surface area (Å²) in [7, 11) is 0. The van der Waals surface area contributed by atoms with Crippen LogP contribution in [0.4, 0.5) is 0 Å². The number of amides is 2. The Morgan fingerprint density at radius 2 is 1.65 bits per heavy atom. The van der Waals surface area contributed by atoms with Crippen LogP contribution in [0.15, 0.2) is 65.5 Å². The van der Waals surface area contributed by atoms with Gasteiger partial charge >= 0.3 is 0 Å². The highest BCUT2D eigenvalue weighted by atomic mass is 35.5. The second kappa shape index (κ2) is 8.71. The molecule has 2 N–H and O–H groups in total. The molecule has 0 atom stereocenters. The topological polar surface area (TPSA) is 93.1 Å². The Labute approximate surface area is 186 Å². The van der Waals surface area contributed by atoms with Crippen LogP contribution in [0, 0.1) is 0 Å². The molecule has 7 nitrogen and oxygen atoms in total. The van der Waals surface area contributed by atoms with Crippen molar-refractivity contribution in [2.45, 2.75) is 13.5 Å². The number of benzene rings is 2. The molecule has 0 unspecified atom stereocenters. The molecule has 0 aliphatic heterocycles. The summed E-state index contributed by atoms with van der Waals surface area (Å²) in [6.45, 7) is 2.08. The van der Waals surface area contributed by atoms with Crippen LogP contribution < -0.4 is 16.4 Å². The molecule has 156 valence electrons. The van der Waals surface area contributed by atoms with E-state index in [-0.39, 0.29) is 11.3 Å². The third-order valence-electron chi connectivity index (χ3n) is 4.63. The zero-order chi connectivity index (χ0) is 22.0. The number of carbonyl (C=O) groups is 2. The second-order valence-corrected chi connectivity index (χ2v) is 8.11. The zero-order valence-corrected chi connectivity index (χ0v) is 18.0. The molecule has 9 heteroatoms. The Hall–Kier alpha value is -3.49. The van der Waals surface area contributed by atoms with Gasteiger partial charge in [0.1, 0.15) is 0 Å². The van der Waals surface area contributed by atoms with E-state index in [1.165, 1.54) is 16.0 Å². The van der Waals surface area contributed by atoms with E-state index < -0.39 is 11.8 Å². The molecule has 2 aromatic carbocycles. The number of fused-ring (bicyclic) bond motifs is 1. The molecule has 4 rings (SSSR count). The van der Waals surface area contributed by atoms with E-state index in [0.717, 1.165) is 10.4 Å². The van der Waals surface area contributed by atoms with E-state index in [4.69, 9.17) is 11.6 Å². The lowest BCUT2D eigenvalue weighted by Gasteiger charge is -2.10. The van der Waals surface area contributed by atoms with Crippen LogP contribution in [0.2, 0.25) is 5.02 Å². The lowest BCUT2D eigenvalue weighted by atomic mass is 10.1. The van der Waals surface area contributed by atoms with Crippen LogP contribution in [0.1, 0.15) is 27.1 Å². The first-order valence-electron chi connectivity index (χ1n) is 9.44. The maximum absolute atomic E-state index is 12.7. The average Bonchev–Trinajstić information content (AvgIpc) is 3.28. The van der Waals surface area contributed by atoms with Crippen LogP contribution >= 0.6 is 22.9 Å². The number of rotatable bonds is 4. The van der Waals surface area contributed by atoms with Crippen molar-refractivity contribution in [2.24, 2.45) is 0 Å². The van der Waals surface area contributed by atoms with Crippen molar-refractivity contribution in [2.75, 3.05) is 0 Å². The summed E-state index contributed by atoms with van der Waals surface area (Å²) < 4.78 is 1.22. The number of hydrogen-bond acceptors (Lipinski definition) is 5. The summed E-state index contributed by atoms with van der Waals surface area (Å²) in [5.74, 6) is -1.06. The summed E-state index contributed by atoms with van der Waals surface area (Å²) in [4.78, 5) is 39.0. The predicted octanol–water partition coefficient (Wildman–Crippen LogP) is 3.87. The minimum absolute atomic E-state index is 0.0605. The minimum Gasteiger partial charge on any atom is -0.267 e. The quantitative estimate of drug-likeness (QED) is 0.459. The Balaban J connectivity index is 1.52. The minimum atomic E-state index is -0.610. The van der Waals surface area contributed by atoms with Gasteiger partial charge in [-0.2, -0.15) is 5.10 Å². The largest absolute Gasteiger partial charge is 0.290 e. The molecule has 0 aliphatic rings. The molecule has 0 radical (unpaired) electrons. The van der Waals surface area contributed by atoms with Crippen LogP contribution in [0.25, 0.3) is 21.2 Å². The molecule has 2 amide bonds. The second-order valence-electron chi connectivity index (χ2n) is 6.59. The molecular weight excluding hydrogens is 436 g/mol. The molecule has 0 saturated carbocycles. The van der Waals surface area contributed by atoms with Crippen LogP contribution in [0.3, 0.4) is 0 Å². The predicted molar refractivity (Wildman–Crippen MR) is 121 cm³/mol. The fraction of sp³-hybridized carbons (Fsp3) is 0.0909. The molecular formula is C22H17ClN4O3S. The van der Waals surface area contributed by atoms with E-state index in [1.807, 2.05) is 18.2 Å². The van der Waals surface area contributed by atoms with E-state index in [0.29, 0.717) is 27.2 Å².